The maximum absolute atomic E-state index is 14.2. The fraction of sp³-hybridized carbons (Fsp3) is 0.367. The summed E-state index contributed by atoms with van der Waals surface area (Å²) in [4.78, 5) is 34.0. The van der Waals surface area contributed by atoms with Crippen molar-refractivity contribution in [1.29, 1.82) is 0 Å². The first-order chi connectivity index (χ1) is 19.2. The first kappa shape index (κ1) is 28.5. The molecule has 3 aromatic heterocycles. The summed E-state index contributed by atoms with van der Waals surface area (Å²) in [6.45, 7) is 12.6. The van der Waals surface area contributed by atoms with Crippen LogP contribution in [0.4, 0.5) is 10.2 Å². The standard InChI is InChI=1S/C30H31ClFN5O4/c1-16-11-18(28(39)40)26(35-34-16)36-9-10-37(30(5,6)15-36)27(38)24-14-23-25(41-24)19(29(2,3)4)13-22(33-23)17-7-8-20(31)21(32)12-17/h7-8,11-14H,9-10,15H2,1-6H3,(H,39,40). The van der Waals surface area contributed by atoms with Crippen LogP contribution in [-0.2, 0) is 5.41 Å². The summed E-state index contributed by atoms with van der Waals surface area (Å²) in [5.41, 5.74) is 2.45. The van der Waals surface area contributed by atoms with E-state index < -0.39 is 17.3 Å². The lowest BCUT2D eigenvalue weighted by Gasteiger charge is -2.47. The van der Waals surface area contributed by atoms with Crippen molar-refractivity contribution in [2.45, 2.75) is 52.5 Å². The van der Waals surface area contributed by atoms with Gasteiger partial charge in [0.2, 0.25) is 0 Å². The number of carboxylic acids is 1. The molecule has 9 nitrogen and oxygen atoms in total. The average molecular weight is 580 g/mol. The number of rotatable bonds is 4. The van der Waals surface area contributed by atoms with Gasteiger partial charge in [-0.3, -0.25) is 4.79 Å². The summed E-state index contributed by atoms with van der Waals surface area (Å²) >= 11 is 5.89. The first-order valence-electron chi connectivity index (χ1n) is 13.2. The Labute approximate surface area is 241 Å². The number of hydrogen-bond acceptors (Lipinski definition) is 7. The number of amides is 1. The fourth-order valence-electron chi connectivity index (χ4n) is 5.21. The SMILES string of the molecule is Cc1cc(C(=O)O)c(N2CCN(C(=O)c3cc4nc(-c5ccc(Cl)c(F)c5)cc(C(C)(C)C)c4o3)C(C)(C)C2)nn1. The van der Waals surface area contributed by atoms with E-state index in [1.807, 2.05) is 45.6 Å². The summed E-state index contributed by atoms with van der Waals surface area (Å²) in [6, 6.07) is 9.51. The normalized spacial score (nSPS) is 15.4. The Morgan fingerprint density at radius 3 is 2.46 bits per heavy atom. The largest absolute Gasteiger partial charge is 0.478 e. The number of anilines is 1. The maximum atomic E-state index is 14.2. The topological polar surface area (TPSA) is 113 Å². The van der Waals surface area contributed by atoms with Crippen molar-refractivity contribution in [3.8, 4) is 11.3 Å². The van der Waals surface area contributed by atoms with Crippen LogP contribution in [0.15, 0.2) is 40.8 Å². The van der Waals surface area contributed by atoms with E-state index in [-0.39, 0.29) is 33.5 Å². The molecule has 4 aromatic rings. The van der Waals surface area contributed by atoms with Gasteiger partial charge in [0.15, 0.2) is 17.2 Å². The van der Waals surface area contributed by atoms with E-state index >= 15 is 0 Å². The Balaban J connectivity index is 1.49. The van der Waals surface area contributed by atoms with E-state index in [0.717, 1.165) is 5.56 Å². The molecule has 214 valence electrons. The van der Waals surface area contributed by atoms with Crippen LogP contribution in [0, 0.1) is 12.7 Å². The predicted octanol–water partition coefficient (Wildman–Crippen LogP) is 6.12. The number of carboxylic acid groups (broad SMARTS) is 1. The van der Waals surface area contributed by atoms with Gasteiger partial charge in [-0.05, 0) is 50.5 Å². The number of benzene rings is 1. The smallest absolute Gasteiger partial charge is 0.339 e. The highest BCUT2D eigenvalue weighted by Gasteiger charge is 2.40. The van der Waals surface area contributed by atoms with E-state index in [1.54, 1.807) is 24.0 Å². The predicted molar refractivity (Wildman–Crippen MR) is 154 cm³/mol. The summed E-state index contributed by atoms with van der Waals surface area (Å²) in [7, 11) is 0. The molecule has 0 aliphatic carbocycles. The second-order valence-corrected chi connectivity index (χ2v) is 12.4. The molecule has 0 unspecified atom stereocenters. The van der Waals surface area contributed by atoms with Crippen LogP contribution in [0.5, 0.6) is 0 Å². The minimum atomic E-state index is -1.08. The molecule has 1 saturated heterocycles. The molecule has 0 atom stereocenters. The number of pyridine rings is 1. The van der Waals surface area contributed by atoms with Crippen LogP contribution in [-0.4, -0.2) is 62.2 Å². The van der Waals surface area contributed by atoms with Gasteiger partial charge in [0.1, 0.15) is 16.9 Å². The zero-order valence-electron chi connectivity index (χ0n) is 23.7. The van der Waals surface area contributed by atoms with Gasteiger partial charge in [0.25, 0.3) is 5.91 Å². The fourth-order valence-corrected chi connectivity index (χ4v) is 5.32. The highest BCUT2D eigenvalue weighted by molar-refractivity contribution is 6.30. The molecule has 0 spiro atoms. The van der Waals surface area contributed by atoms with E-state index in [2.05, 4.69) is 10.2 Å². The van der Waals surface area contributed by atoms with Gasteiger partial charge in [-0.1, -0.05) is 38.4 Å². The molecule has 0 radical (unpaired) electrons. The van der Waals surface area contributed by atoms with Gasteiger partial charge in [-0.25, -0.2) is 14.2 Å². The maximum Gasteiger partial charge on any atom is 0.339 e. The van der Waals surface area contributed by atoms with Crippen molar-refractivity contribution in [3.05, 3.63) is 69.8 Å². The lowest BCUT2D eigenvalue weighted by Crippen LogP contribution is -2.61. The van der Waals surface area contributed by atoms with Crippen LogP contribution in [0.3, 0.4) is 0 Å². The van der Waals surface area contributed by atoms with Gasteiger partial charge < -0.3 is 19.3 Å². The number of hydrogen-bond donors (Lipinski definition) is 1. The van der Waals surface area contributed by atoms with E-state index in [4.69, 9.17) is 21.0 Å². The van der Waals surface area contributed by atoms with E-state index in [0.29, 0.717) is 47.7 Å². The molecule has 1 fully saturated rings. The van der Waals surface area contributed by atoms with Crippen molar-refractivity contribution < 1.29 is 23.5 Å². The van der Waals surface area contributed by atoms with Gasteiger partial charge in [-0.2, -0.15) is 5.10 Å². The molecular weight excluding hydrogens is 549 g/mol. The van der Waals surface area contributed by atoms with Gasteiger partial charge in [0, 0.05) is 36.8 Å². The summed E-state index contributed by atoms with van der Waals surface area (Å²) < 4.78 is 20.4. The first-order valence-corrected chi connectivity index (χ1v) is 13.6. The van der Waals surface area contributed by atoms with Crippen molar-refractivity contribution >= 4 is 40.4 Å². The van der Waals surface area contributed by atoms with Crippen molar-refractivity contribution in [3.63, 3.8) is 0 Å². The second kappa shape index (κ2) is 10.1. The number of carbonyl (C=O) groups is 2. The average Bonchev–Trinajstić information content (AvgIpc) is 3.32. The molecule has 0 bridgehead atoms. The summed E-state index contributed by atoms with van der Waals surface area (Å²) in [6.07, 6.45) is 0. The van der Waals surface area contributed by atoms with Crippen molar-refractivity contribution in [1.82, 2.24) is 20.1 Å². The molecule has 1 aliphatic heterocycles. The number of aryl methyl sites for hydroxylation is 1. The van der Waals surface area contributed by atoms with Crippen molar-refractivity contribution in [2.24, 2.45) is 0 Å². The lowest BCUT2D eigenvalue weighted by molar-refractivity contribution is 0.0481. The van der Waals surface area contributed by atoms with Crippen LogP contribution < -0.4 is 4.90 Å². The Kier molecular flexibility index (Phi) is 7.01. The Morgan fingerprint density at radius 2 is 1.83 bits per heavy atom. The van der Waals surface area contributed by atoms with Crippen molar-refractivity contribution in [2.75, 3.05) is 24.5 Å². The second-order valence-electron chi connectivity index (χ2n) is 12.0. The van der Waals surface area contributed by atoms with Gasteiger partial charge in [0.05, 0.1) is 21.9 Å². The number of fused-ring (bicyclic) bond motifs is 1. The zero-order valence-corrected chi connectivity index (χ0v) is 24.5. The monoisotopic (exact) mass is 579 g/mol. The molecule has 0 saturated carbocycles. The van der Waals surface area contributed by atoms with Gasteiger partial charge >= 0.3 is 5.97 Å². The number of halogens is 2. The molecule has 4 heterocycles. The summed E-state index contributed by atoms with van der Waals surface area (Å²) in [5.74, 6) is -1.52. The molecule has 1 aliphatic rings. The summed E-state index contributed by atoms with van der Waals surface area (Å²) in [5, 5.41) is 17.9. The zero-order chi connectivity index (χ0) is 29.9. The number of aromatic carboxylic acids is 1. The van der Waals surface area contributed by atoms with Gasteiger partial charge in [-0.15, -0.1) is 5.10 Å². The van der Waals surface area contributed by atoms with Crippen LogP contribution >= 0.6 is 11.6 Å². The molecule has 1 N–H and O–H groups in total. The molecule has 5 rings (SSSR count). The third-order valence-electron chi connectivity index (χ3n) is 7.29. The molecular formula is C30H31ClFN5O4. The number of nitrogens with zero attached hydrogens (tertiary/aromatic N) is 5. The third kappa shape index (κ3) is 5.36. The third-order valence-corrected chi connectivity index (χ3v) is 7.59. The minimum absolute atomic E-state index is 0.0263. The number of carbonyl (C=O) groups excluding carboxylic acids is 1. The van der Waals surface area contributed by atoms with Crippen LogP contribution in [0.1, 0.15) is 66.8 Å². The highest BCUT2D eigenvalue weighted by atomic mass is 35.5. The number of aromatic nitrogens is 3. The molecule has 1 amide bonds. The highest BCUT2D eigenvalue weighted by Crippen LogP contribution is 2.36. The number of furan rings is 1. The van der Waals surface area contributed by atoms with Crippen LogP contribution in [0.25, 0.3) is 22.4 Å². The number of piperazine rings is 1. The van der Waals surface area contributed by atoms with E-state index in [1.165, 1.54) is 18.2 Å². The van der Waals surface area contributed by atoms with Crippen LogP contribution in [0.2, 0.25) is 5.02 Å². The minimum Gasteiger partial charge on any atom is -0.478 e. The Bertz CT molecular complexity index is 1690. The Hall–Kier alpha value is -4.05. The molecule has 41 heavy (non-hydrogen) atoms. The lowest BCUT2D eigenvalue weighted by atomic mass is 9.86. The molecule has 11 heteroatoms. The molecule has 1 aromatic carbocycles. The van der Waals surface area contributed by atoms with E-state index in [9.17, 15) is 19.1 Å². The Morgan fingerprint density at radius 1 is 1.10 bits per heavy atom. The quantitative estimate of drug-likeness (QED) is 0.307.